The number of hydrogen-bond donors (Lipinski definition) is 0. The molecule has 0 amide bonds. The van der Waals surface area contributed by atoms with Gasteiger partial charge in [0.05, 0.1) is 12.0 Å². The van der Waals surface area contributed by atoms with Gasteiger partial charge in [-0.3, -0.25) is 10.1 Å². The molecule has 0 saturated carbocycles. The zero-order chi connectivity index (χ0) is 17.5. The van der Waals surface area contributed by atoms with Crippen molar-refractivity contribution >= 4 is 11.7 Å². The smallest absolute Gasteiger partial charge is 0.344 e. The molecule has 2 aromatic rings. The number of non-ortho nitro benzene ring substituents is 1. The fraction of sp³-hybridized carbons (Fsp3) is 0.188. The Morgan fingerprint density at radius 3 is 2.50 bits per heavy atom. The maximum atomic E-state index is 13.5. The Hall–Kier alpha value is -3.16. The Kier molecular flexibility index (Phi) is 5.67. The highest BCUT2D eigenvalue weighted by Gasteiger charge is 2.09. The Bertz CT molecular complexity index is 732. The van der Waals surface area contributed by atoms with Crippen molar-refractivity contribution in [3.05, 3.63) is 64.0 Å². The number of rotatable bonds is 7. The van der Waals surface area contributed by atoms with Crippen molar-refractivity contribution in [2.75, 3.05) is 13.7 Å². The fourth-order valence-corrected chi connectivity index (χ4v) is 1.81. The van der Waals surface area contributed by atoms with Gasteiger partial charge in [0, 0.05) is 12.1 Å². The largest absolute Gasteiger partial charge is 0.494 e. The van der Waals surface area contributed by atoms with Crippen molar-refractivity contribution in [3.8, 4) is 11.5 Å². The molecule has 0 bridgehead atoms. The van der Waals surface area contributed by atoms with Crippen LogP contribution >= 0.6 is 0 Å². The van der Waals surface area contributed by atoms with Crippen LogP contribution in [0.3, 0.4) is 0 Å². The van der Waals surface area contributed by atoms with E-state index in [9.17, 15) is 19.3 Å². The summed E-state index contributed by atoms with van der Waals surface area (Å²) in [5.74, 6) is -0.794. The van der Waals surface area contributed by atoms with Gasteiger partial charge in [-0.25, -0.2) is 9.18 Å². The van der Waals surface area contributed by atoms with Crippen molar-refractivity contribution < 1.29 is 28.3 Å². The van der Waals surface area contributed by atoms with Gasteiger partial charge in [-0.1, -0.05) is 6.07 Å². The number of nitro benzene ring substituents is 1. The molecule has 0 aliphatic rings. The van der Waals surface area contributed by atoms with Crippen LogP contribution in [0.2, 0.25) is 0 Å². The number of carbonyl (C=O) groups excluding carboxylic acids is 1. The van der Waals surface area contributed by atoms with E-state index in [-0.39, 0.29) is 24.7 Å². The molecule has 0 aromatic heterocycles. The molecule has 0 spiro atoms. The van der Waals surface area contributed by atoms with E-state index in [1.807, 2.05) is 0 Å². The zero-order valence-corrected chi connectivity index (χ0v) is 12.7. The van der Waals surface area contributed by atoms with Gasteiger partial charge < -0.3 is 14.2 Å². The summed E-state index contributed by atoms with van der Waals surface area (Å²) in [4.78, 5) is 21.6. The second-order valence-corrected chi connectivity index (χ2v) is 4.67. The van der Waals surface area contributed by atoms with Crippen molar-refractivity contribution in [2.24, 2.45) is 0 Å². The molecule has 126 valence electrons. The molecule has 0 fully saturated rings. The average molecular weight is 335 g/mol. The summed E-state index contributed by atoms with van der Waals surface area (Å²) in [6.07, 6.45) is 0. The molecule has 0 unspecified atom stereocenters. The van der Waals surface area contributed by atoms with E-state index < -0.39 is 16.7 Å². The lowest BCUT2D eigenvalue weighted by Gasteiger charge is -2.08. The molecule has 0 N–H and O–H groups in total. The van der Waals surface area contributed by atoms with E-state index in [0.29, 0.717) is 11.3 Å². The molecule has 2 rings (SSSR count). The minimum Gasteiger partial charge on any atom is -0.494 e. The van der Waals surface area contributed by atoms with E-state index >= 15 is 0 Å². The number of nitrogens with zero attached hydrogens (tertiary/aromatic N) is 1. The molecule has 0 aliphatic carbocycles. The Labute approximate surface area is 136 Å². The van der Waals surface area contributed by atoms with Crippen molar-refractivity contribution in [1.29, 1.82) is 0 Å². The summed E-state index contributed by atoms with van der Waals surface area (Å²) in [6, 6.07) is 9.51. The summed E-state index contributed by atoms with van der Waals surface area (Å²) >= 11 is 0. The SMILES string of the molecule is COc1ccc(COC(=O)COc2ccc([N+](=O)[O-])cc2)cc1F. The summed E-state index contributed by atoms with van der Waals surface area (Å²) in [5, 5.41) is 10.5. The fourth-order valence-electron chi connectivity index (χ4n) is 1.81. The number of benzene rings is 2. The van der Waals surface area contributed by atoms with Gasteiger partial charge in [0.1, 0.15) is 12.4 Å². The monoisotopic (exact) mass is 335 g/mol. The van der Waals surface area contributed by atoms with Crippen molar-refractivity contribution in [2.45, 2.75) is 6.61 Å². The second kappa shape index (κ2) is 7.91. The minimum absolute atomic E-state index is 0.0774. The van der Waals surface area contributed by atoms with Crippen LogP contribution in [0.25, 0.3) is 0 Å². The first kappa shape index (κ1) is 17.2. The van der Waals surface area contributed by atoms with Crippen LogP contribution in [0.15, 0.2) is 42.5 Å². The molecule has 24 heavy (non-hydrogen) atoms. The topological polar surface area (TPSA) is 87.9 Å². The molecule has 0 heterocycles. The van der Waals surface area contributed by atoms with Gasteiger partial charge in [-0.05, 0) is 29.8 Å². The van der Waals surface area contributed by atoms with E-state index in [2.05, 4.69) is 0 Å². The quantitative estimate of drug-likeness (QED) is 0.439. The van der Waals surface area contributed by atoms with Crippen LogP contribution in [-0.2, 0) is 16.1 Å². The first-order chi connectivity index (χ1) is 11.5. The predicted octanol–water partition coefficient (Wildman–Crippen LogP) is 2.86. The Morgan fingerprint density at radius 2 is 1.92 bits per heavy atom. The van der Waals surface area contributed by atoms with Gasteiger partial charge in [0.15, 0.2) is 18.2 Å². The van der Waals surface area contributed by atoms with E-state index in [1.165, 1.54) is 43.5 Å². The van der Waals surface area contributed by atoms with Gasteiger partial charge in [-0.15, -0.1) is 0 Å². The van der Waals surface area contributed by atoms with Gasteiger partial charge >= 0.3 is 5.97 Å². The third kappa shape index (κ3) is 4.67. The summed E-state index contributed by atoms with van der Waals surface area (Å²) in [6.45, 7) is -0.472. The number of hydrogen-bond acceptors (Lipinski definition) is 6. The molecule has 8 heteroatoms. The van der Waals surface area contributed by atoms with Crippen LogP contribution < -0.4 is 9.47 Å². The van der Waals surface area contributed by atoms with Crippen LogP contribution in [-0.4, -0.2) is 24.6 Å². The summed E-state index contributed by atoms with van der Waals surface area (Å²) in [5.41, 5.74) is 0.392. The first-order valence-electron chi connectivity index (χ1n) is 6.85. The molecular weight excluding hydrogens is 321 g/mol. The lowest BCUT2D eigenvalue weighted by Crippen LogP contribution is -2.14. The van der Waals surface area contributed by atoms with E-state index in [1.54, 1.807) is 6.07 Å². The third-order valence-electron chi connectivity index (χ3n) is 3.02. The Morgan fingerprint density at radius 1 is 1.21 bits per heavy atom. The highest BCUT2D eigenvalue weighted by atomic mass is 19.1. The Balaban J connectivity index is 1.81. The molecule has 2 aromatic carbocycles. The maximum absolute atomic E-state index is 13.5. The molecule has 0 atom stereocenters. The summed E-state index contributed by atoms with van der Waals surface area (Å²) in [7, 11) is 1.35. The van der Waals surface area contributed by atoms with Crippen LogP contribution in [0, 0.1) is 15.9 Å². The normalized spacial score (nSPS) is 10.1. The highest BCUT2D eigenvalue weighted by Crippen LogP contribution is 2.19. The molecule has 0 radical (unpaired) electrons. The van der Waals surface area contributed by atoms with Gasteiger partial charge in [0.2, 0.25) is 0 Å². The summed E-state index contributed by atoms with van der Waals surface area (Å²) < 4.78 is 28.4. The van der Waals surface area contributed by atoms with Crippen LogP contribution in [0.1, 0.15) is 5.56 Å². The zero-order valence-electron chi connectivity index (χ0n) is 12.7. The van der Waals surface area contributed by atoms with Crippen LogP contribution in [0.5, 0.6) is 11.5 Å². The number of carbonyl (C=O) groups is 1. The molecular formula is C16H14FNO6. The van der Waals surface area contributed by atoms with E-state index in [4.69, 9.17) is 14.2 Å². The van der Waals surface area contributed by atoms with Crippen molar-refractivity contribution in [1.82, 2.24) is 0 Å². The van der Waals surface area contributed by atoms with Gasteiger partial charge in [-0.2, -0.15) is 0 Å². The van der Waals surface area contributed by atoms with E-state index in [0.717, 1.165) is 0 Å². The minimum atomic E-state index is -0.649. The second-order valence-electron chi connectivity index (χ2n) is 4.67. The average Bonchev–Trinajstić information content (AvgIpc) is 2.58. The van der Waals surface area contributed by atoms with Gasteiger partial charge in [0.25, 0.3) is 5.69 Å². The third-order valence-corrected chi connectivity index (χ3v) is 3.02. The molecule has 0 saturated heterocycles. The maximum Gasteiger partial charge on any atom is 0.344 e. The number of ether oxygens (including phenoxy) is 3. The number of esters is 1. The number of nitro groups is 1. The molecule has 0 aliphatic heterocycles. The number of halogens is 1. The van der Waals surface area contributed by atoms with Crippen molar-refractivity contribution in [3.63, 3.8) is 0 Å². The van der Waals surface area contributed by atoms with Crippen LogP contribution in [0.4, 0.5) is 10.1 Å². The predicted molar refractivity (Wildman–Crippen MR) is 81.3 cm³/mol. The lowest BCUT2D eigenvalue weighted by atomic mass is 10.2. The first-order valence-corrected chi connectivity index (χ1v) is 6.85. The highest BCUT2D eigenvalue weighted by molar-refractivity contribution is 5.71. The standard InChI is InChI=1S/C16H14FNO6/c1-22-15-7-2-11(8-14(15)17)9-24-16(19)10-23-13-5-3-12(4-6-13)18(20)21/h2-8H,9-10H2,1H3. The number of methoxy groups -OCH3 is 1. The molecule has 7 nitrogen and oxygen atoms in total. The lowest BCUT2D eigenvalue weighted by molar-refractivity contribution is -0.384.